The van der Waals surface area contributed by atoms with Crippen LogP contribution in [-0.2, 0) is 19.6 Å². The molecular weight excluding hydrogens is 478 g/mol. The molecule has 2 aromatic rings. The van der Waals surface area contributed by atoms with Gasteiger partial charge in [-0.05, 0) is 32.0 Å². The summed E-state index contributed by atoms with van der Waals surface area (Å²) in [5, 5.41) is 17.2. The van der Waals surface area contributed by atoms with E-state index in [1.54, 1.807) is 6.92 Å². The van der Waals surface area contributed by atoms with Crippen molar-refractivity contribution in [3.05, 3.63) is 45.2 Å². The maximum Gasteiger partial charge on any atom is 0.289 e. The van der Waals surface area contributed by atoms with Crippen LogP contribution in [0.5, 0.6) is 0 Å². The summed E-state index contributed by atoms with van der Waals surface area (Å²) >= 11 is 5.82. The average molecular weight is 502 g/mol. The molecule has 0 saturated carbocycles. The molecule has 0 bridgehead atoms. The van der Waals surface area contributed by atoms with E-state index in [-0.39, 0.29) is 22.3 Å². The molecule has 1 aliphatic heterocycles. The van der Waals surface area contributed by atoms with Gasteiger partial charge in [-0.2, -0.15) is 4.31 Å². The van der Waals surface area contributed by atoms with E-state index in [0.29, 0.717) is 31.9 Å². The van der Waals surface area contributed by atoms with Crippen LogP contribution in [0.1, 0.15) is 12.2 Å². The van der Waals surface area contributed by atoms with Gasteiger partial charge >= 0.3 is 0 Å². The van der Waals surface area contributed by atoms with E-state index >= 15 is 0 Å². The summed E-state index contributed by atoms with van der Waals surface area (Å²) in [4.78, 5) is 24.8. The molecular formula is C19H24ClN5O7S. The molecule has 3 rings (SSSR count). The summed E-state index contributed by atoms with van der Waals surface area (Å²) in [5.74, 6) is 0.0146. The number of aromatic nitrogens is 1. The highest BCUT2D eigenvalue weighted by molar-refractivity contribution is 7.89. The van der Waals surface area contributed by atoms with Crippen molar-refractivity contribution in [2.24, 2.45) is 0 Å². The minimum absolute atomic E-state index is 0.0291. The molecule has 1 aromatic heterocycles. The summed E-state index contributed by atoms with van der Waals surface area (Å²) in [6.07, 6.45) is 0.450. The molecule has 0 unspecified atom stereocenters. The number of hydrogen-bond donors (Lipinski definition) is 1. The Kier molecular flexibility index (Phi) is 8.37. The number of benzene rings is 1. The monoisotopic (exact) mass is 501 g/mol. The molecule has 0 atom stereocenters. The first-order chi connectivity index (χ1) is 15.7. The van der Waals surface area contributed by atoms with Crippen LogP contribution >= 0.6 is 11.6 Å². The fourth-order valence-electron chi connectivity index (χ4n) is 3.29. The van der Waals surface area contributed by atoms with Gasteiger partial charge in [-0.3, -0.25) is 19.8 Å². The van der Waals surface area contributed by atoms with Gasteiger partial charge in [0.15, 0.2) is 5.82 Å². The lowest BCUT2D eigenvalue weighted by atomic mass is 10.3. The molecule has 1 aliphatic rings. The first-order valence-electron chi connectivity index (χ1n) is 10.1. The van der Waals surface area contributed by atoms with Crippen molar-refractivity contribution < 1.29 is 27.4 Å². The van der Waals surface area contributed by atoms with Gasteiger partial charge in [0.25, 0.3) is 5.69 Å². The fourth-order valence-corrected chi connectivity index (χ4v) is 4.93. The molecule has 33 heavy (non-hydrogen) atoms. The second-order valence-corrected chi connectivity index (χ2v) is 9.73. The quantitative estimate of drug-likeness (QED) is 0.380. The van der Waals surface area contributed by atoms with E-state index < -0.39 is 33.1 Å². The van der Waals surface area contributed by atoms with Gasteiger partial charge in [-0.1, -0.05) is 16.8 Å². The third kappa shape index (κ3) is 6.71. The lowest BCUT2D eigenvalue weighted by molar-refractivity contribution is -0.384. The van der Waals surface area contributed by atoms with Crippen molar-refractivity contribution in [2.75, 3.05) is 51.3 Å². The van der Waals surface area contributed by atoms with Crippen LogP contribution < -0.4 is 5.32 Å². The zero-order chi connectivity index (χ0) is 24.0. The van der Waals surface area contributed by atoms with Crippen molar-refractivity contribution in [2.45, 2.75) is 18.2 Å². The number of nitro groups is 1. The predicted molar refractivity (Wildman–Crippen MR) is 119 cm³/mol. The summed E-state index contributed by atoms with van der Waals surface area (Å²) in [5.41, 5.74) is -0.534. The van der Waals surface area contributed by atoms with Crippen LogP contribution in [0.4, 0.5) is 11.5 Å². The normalized spacial score (nSPS) is 15.0. The molecule has 1 aromatic carbocycles. The summed E-state index contributed by atoms with van der Waals surface area (Å²) < 4.78 is 37.8. The van der Waals surface area contributed by atoms with Crippen molar-refractivity contribution in [3.63, 3.8) is 0 Å². The number of ether oxygens (including phenoxy) is 1. The maximum atomic E-state index is 13.3. The number of aryl methyl sites for hydroxylation is 1. The molecule has 2 heterocycles. The van der Waals surface area contributed by atoms with Crippen molar-refractivity contribution >= 4 is 39.0 Å². The Morgan fingerprint density at radius 3 is 2.70 bits per heavy atom. The SMILES string of the molecule is Cc1cc(NC(=O)CN(CCCN2CCOCC2)S(=O)(=O)c2ccc(Cl)c([N+](=O)[O-])c2)no1. The van der Waals surface area contributed by atoms with E-state index in [1.807, 2.05) is 0 Å². The molecule has 0 spiro atoms. The summed E-state index contributed by atoms with van der Waals surface area (Å²) in [6, 6.07) is 4.72. The largest absolute Gasteiger partial charge is 0.379 e. The third-order valence-electron chi connectivity index (χ3n) is 4.95. The number of anilines is 1. The summed E-state index contributed by atoms with van der Waals surface area (Å²) in [7, 11) is -4.24. The number of sulfonamides is 1. The number of hydrogen-bond acceptors (Lipinski definition) is 9. The van der Waals surface area contributed by atoms with Gasteiger partial charge in [0.1, 0.15) is 10.8 Å². The van der Waals surface area contributed by atoms with Crippen LogP contribution in [0.2, 0.25) is 5.02 Å². The van der Waals surface area contributed by atoms with Crippen LogP contribution in [-0.4, -0.2) is 79.5 Å². The highest BCUT2D eigenvalue weighted by atomic mass is 35.5. The highest BCUT2D eigenvalue weighted by Gasteiger charge is 2.29. The van der Waals surface area contributed by atoms with Gasteiger partial charge in [-0.15, -0.1) is 0 Å². The first kappa shape index (κ1) is 25.1. The van der Waals surface area contributed by atoms with Gasteiger partial charge < -0.3 is 14.6 Å². The second-order valence-electron chi connectivity index (χ2n) is 7.39. The molecule has 14 heteroatoms. The number of nitro benzene ring substituents is 1. The zero-order valence-corrected chi connectivity index (χ0v) is 19.5. The lowest BCUT2D eigenvalue weighted by Gasteiger charge is -2.28. The molecule has 1 saturated heterocycles. The Morgan fingerprint density at radius 1 is 1.33 bits per heavy atom. The average Bonchev–Trinajstić information content (AvgIpc) is 3.18. The second kappa shape index (κ2) is 11.0. The van der Waals surface area contributed by atoms with E-state index in [0.717, 1.165) is 29.5 Å². The van der Waals surface area contributed by atoms with Gasteiger partial charge in [0.2, 0.25) is 15.9 Å². The number of amides is 1. The molecule has 1 N–H and O–H groups in total. The molecule has 0 radical (unpaired) electrons. The molecule has 180 valence electrons. The molecule has 0 aliphatic carbocycles. The first-order valence-corrected chi connectivity index (χ1v) is 12.0. The Labute approximate surface area is 195 Å². The third-order valence-corrected chi connectivity index (χ3v) is 7.11. The number of morpholine rings is 1. The fraction of sp³-hybridized carbons (Fsp3) is 0.474. The minimum atomic E-state index is -4.24. The smallest absolute Gasteiger partial charge is 0.289 e. The van der Waals surface area contributed by atoms with Gasteiger partial charge in [0, 0.05) is 31.8 Å². The number of carbonyl (C=O) groups is 1. The van der Waals surface area contributed by atoms with Crippen molar-refractivity contribution in [1.82, 2.24) is 14.4 Å². The van der Waals surface area contributed by atoms with Crippen LogP contribution in [0.3, 0.4) is 0 Å². The van der Waals surface area contributed by atoms with E-state index in [4.69, 9.17) is 20.9 Å². The topological polar surface area (TPSA) is 148 Å². The van der Waals surface area contributed by atoms with E-state index in [9.17, 15) is 23.3 Å². The Hall–Kier alpha value is -2.58. The standard InChI is InChI=1S/C19H24ClN5O7S/c1-14-11-18(22-32-14)21-19(26)13-24(6-2-5-23-7-9-31-10-8-23)33(29,30)15-3-4-16(20)17(12-15)25(27)28/h3-4,11-12H,2,5-10,13H2,1H3,(H,21,22,26). The Bertz CT molecular complexity index is 1100. The van der Waals surface area contributed by atoms with Crippen LogP contribution in [0.25, 0.3) is 0 Å². The van der Waals surface area contributed by atoms with Gasteiger partial charge in [0.05, 0.1) is 29.6 Å². The number of halogens is 1. The van der Waals surface area contributed by atoms with Crippen LogP contribution in [0, 0.1) is 17.0 Å². The van der Waals surface area contributed by atoms with E-state index in [2.05, 4.69) is 15.4 Å². The minimum Gasteiger partial charge on any atom is -0.379 e. The Balaban J connectivity index is 1.78. The van der Waals surface area contributed by atoms with Crippen molar-refractivity contribution in [3.8, 4) is 0 Å². The highest BCUT2D eigenvalue weighted by Crippen LogP contribution is 2.28. The predicted octanol–water partition coefficient (Wildman–Crippen LogP) is 1.90. The van der Waals surface area contributed by atoms with Gasteiger partial charge in [-0.25, -0.2) is 8.42 Å². The number of nitrogens with one attached hydrogen (secondary N) is 1. The number of carbonyl (C=O) groups excluding carboxylic acids is 1. The lowest BCUT2D eigenvalue weighted by Crippen LogP contribution is -2.41. The Morgan fingerprint density at radius 2 is 2.06 bits per heavy atom. The zero-order valence-electron chi connectivity index (χ0n) is 17.9. The van der Waals surface area contributed by atoms with E-state index in [1.165, 1.54) is 12.1 Å². The maximum absolute atomic E-state index is 13.3. The van der Waals surface area contributed by atoms with Crippen LogP contribution in [0.15, 0.2) is 33.7 Å². The molecule has 1 amide bonds. The summed E-state index contributed by atoms with van der Waals surface area (Å²) in [6.45, 7) is 4.48. The number of nitrogens with zero attached hydrogens (tertiary/aromatic N) is 4. The molecule has 12 nitrogen and oxygen atoms in total. The molecule has 1 fully saturated rings. The van der Waals surface area contributed by atoms with Crippen molar-refractivity contribution in [1.29, 1.82) is 0 Å². The number of rotatable bonds is 10.